The van der Waals surface area contributed by atoms with E-state index in [0.29, 0.717) is 0 Å². The summed E-state index contributed by atoms with van der Waals surface area (Å²) in [6, 6.07) is 22.2. The van der Waals surface area contributed by atoms with Crippen molar-refractivity contribution in [3.63, 3.8) is 0 Å². The number of imidazole rings is 1. The number of aryl methyl sites for hydroxylation is 4. The van der Waals surface area contributed by atoms with Gasteiger partial charge in [0.1, 0.15) is 6.33 Å². The molecule has 31 heavy (non-hydrogen) atoms. The third-order valence-corrected chi connectivity index (χ3v) is 5.66. The molecule has 157 valence electrons. The molecule has 0 amide bonds. The molecule has 3 aromatic carbocycles. The topological polar surface area (TPSA) is 48.5 Å². The van der Waals surface area contributed by atoms with Gasteiger partial charge in [-0.05, 0) is 60.7 Å². The minimum atomic E-state index is 0. The number of nitrogens with zero attached hydrogens (tertiary/aromatic N) is 5. The first-order valence-electron chi connectivity index (χ1n) is 9.95. The van der Waals surface area contributed by atoms with Crippen LogP contribution in [0.1, 0.15) is 17.0 Å². The number of hydrogen-bond donors (Lipinski definition) is 0. The van der Waals surface area contributed by atoms with Gasteiger partial charge < -0.3 is 9.13 Å². The van der Waals surface area contributed by atoms with Gasteiger partial charge in [0.25, 0.3) is 0 Å². The second kappa shape index (κ2) is 8.22. The summed E-state index contributed by atoms with van der Waals surface area (Å²) in [7, 11) is 2.02. The van der Waals surface area contributed by atoms with Crippen molar-refractivity contribution in [1.82, 2.24) is 24.3 Å². The summed E-state index contributed by atoms with van der Waals surface area (Å²) in [5.41, 5.74) is 8.71. The van der Waals surface area contributed by atoms with Gasteiger partial charge >= 0.3 is 0 Å². The van der Waals surface area contributed by atoms with Gasteiger partial charge in [0.15, 0.2) is 0 Å². The molecule has 0 spiro atoms. The minimum absolute atomic E-state index is 0. The Bertz CT molecular complexity index is 1360. The van der Waals surface area contributed by atoms with E-state index in [9.17, 15) is 0 Å². The van der Waals surface area contributed by atoms with Crippen LogP contribution in [0.25, 0.3) is 39.2 Å². The maximum atomic E-state index is 4.65. The van der Waals surface area contributed by atoms with Crippen molar-refractivity contribution in [2.24, 2.45) is 7.05 Å². The molecular weight excluding hydrogens is 563 g/mol. The molecule has 0 aliphatic carbocycles. The molecule has 0 aliphatic heterocycles. The Hall–Kier alpha value is -3.08. The standard InChI is InChI=1S/C25H22N5.Ir/c1-16-13-20(19-9-6-5-7-10-19)14-17(2)23(16)30-15-26-28-25(30)21-11-8-12-22-24(21)29(4)18(3)27-22;/h5-10,12-15H,1-4H3;/q-1;. The number of benzene rings is 3. The van der Waals surface area contributed by atoms with Gasteiger partial charge in [0.2, 0.25) is 0 Å². The Balaban J connectivity index is 0.00000231. The molecule has 1 radical (unpaired) electrons. The van der Waals surface area contributed by atoms with Crippen LogP contribution in [0, 0.1) is 26.8 Å². The summed E-state index contributed by atoms with van der Waals surface area (Å²) in [4.78, 5) is 4.65. The van der Waals surface area contributed by atoms with Crippen LogP contribution in [0.2, 0.25) is 0 Å². The molecule has 2 aromatic heterocycles. The van der Waals surface area contributed by atoms with E-state index in [-0.39, 0.29) is 20.1 Å². The third-order valence-electron chi connectivity index (χ3n) is 5.66. The smallest absolute Gasteiger partial charge is 0.114 e. The van der Waals surface area contributed by atoms with Crippen LogP contribution in [-0.2, 0) is 27.2 Å². The van der Waals surface area contributed by atoms with Crippen molar-refractivity contribution >= 4 is 11.0 Å². The molecule has 0 fully saturated rings. The largest absolute Gasteiger partial charge is 0.371 e. The Morgan fingerprint density at radius 3 is 2.32 bits per heavy atom. The van der Waals surface area contributed by atoms with Crippen LogP contribution in [-0.4, -0.2) is 24.3 Å². The second-order valence-corrected chi connectivity index (χ2v) is 7.65. The molecule has 0 aliphatic rings. The van der Waals surface area contributed by atoms with E-state index in [1.165, 1.54) is 22.3 Å². The summed E-state index contributed by atoms with van der Waals surface area (Å²) in [6.45, 7) is 6.28. The Morgan fingerprint density at radius 2 is 1.61 bits per heavy atom. The van der Waals surface area contributed by atoms with Gasteiger partial charge in [0.05, 0.1) is 11.6 Å². The summed E-state index contributed by atoms with van der Waals surface area (Å²) < 4.78 is 4.14. The van der Waals surface area contributed by atoms with E-state index in [0.717, 1.165) is 33.9 Å². The van der Waals surface area contributed by atoms with E-state index in [4.69, 9.17) is 0 Å². The molecule has 0 bridgehead atoms. The molecule has 0 saturated heterocycles. The maximum Gasteiger partial charge on any atom is 0.114 e. The molecule has 0 N–H and O–H groups in total. The maximum absolute atomic E-state index is 4.65. The molecular formula is C25H22IrN5-. The Kier molecular flexibility index (Phi) is 5.61. The molecule has 0 unspecified atom stereocenters. The zero-order chi connectivity index (χ0) is 20.8. The van der Waals surface area contributed by atoms with Gasteiger partial charge in [0, 0.05) is 38.4 Å². The first-order chi connectivity index (χ1) is 14.5. The summed E-state index contributed by atoms with van der Waals surface area (Å²) in [6.07, 6.45) is 1.78. The van der Waals surface area contributed by atoms with Crippen LogP contribution in [0.4, 0.5) is 0 Å². The van der Waals surface area contributed by atoms with E-state index >= 15 is 0 Å². The van der Waals surface area contributed by atoms with Gasteiger partial charge in [-0.1, -0.05) is 35.9 Å². The SMILES string of the molecule is Cc1cc(-c2ccccc2)cc(C)c1-n1cnnc1-c1[c-]ccc2nc(C)n(C)c12.[Ir]. The fourth-order valence-corrected chi connectivity index (χ4v) is 4.19. The summed E-state index contributed by atoms with van der Waals surface area (Å²) >= 11 is 0. The quantitative estimate of drug-likeness (QED) is 0.274. The monoisotopic (exact) mass is 585 g/mol. The average Bonchev–Trinajstić information content (AvgIpc) is 3.33. The second-order valence-electron chi connectivity index (χ2n) is 7.65. The zero-order valence-corrected chi connectivity index (χ0v) is 20.2. The number of fused-ring (bicyclic) bond motifs is 1. The van der Waals surface area contributed by atoms with Crippen LogP contribution < -0.4 is 0 Å². The third kappa shape index (κ3) is 3.52. The fraction of sp³-hybridized carbons (Fsp3) is 0.160. The Labute approximate surface area is 195 Å². The molecule has 5 nitrogen and oxygen atoms in total. The van der Waals surface area contributed by atoms with Crippen LogP contribution in [0.15, 0.2) is 60.9 Å². The molecule has 0 saturated carbocycles. The molecule has 6 heteroatoms. The zero-order valence-electron chi connectivity index (χ0n) is 17.8. The normalized spacial score (nSPS) is 11.0. The average molecular weight is 585 g/mol. The van der Waals surface area contributed by atoms with E-state index in [1.54, 1.807) is 6.33 Å². The van der Waals surface area contributed by atoms with E-state index in [1.807, 2.05) is 32.2 Å². The minimum Gasteiger partial charge on any atom is -0.371 e. The molecule has 2 heterocycles. The predicted octanol–water partition coefficient (Wildman–Crippen LogP) is 5.21. The summed E-state index contributed by atoms with van der Waals surface area (Å²) in [5.74, 6) is 1.72. The van der Waals surface area contributed by atoms with Crippen LogP contribution in [0.5, 0.6) is 0 Å². The predicted molar refractivity (Wildman–Crippen MR) is 120 cm³/mol. The molecule has 5 aromatic rings. The van der Waals surface area contributed by atoms with Gasteiger partial charge in [-0.3, -0.25) is 4.98 Å². The fourth-order valence-electron chi connectivity index (χ4n) is 4.19. The van der Waals surface area contributed by atoms with Gasteiger partial charge in [-0.2, -0.15) is 5.10 Å². The van der Waals surface area contributed by atoms with Crippen molar-refractivity contribution in [3.05, 3.63) is 83.9 Å². The van der Waals surface area contributed by atoms with Crippen molar-refractivity contribution in [1.29, 1.82) is 0 Å². The molecule has 5 rings (SSSR count). The van der Waals surface area contributed by atoms with Crippen molar-refractivity contribution < 1.29 is 20.1 Å². The van der Waals surface area contributed by atoms with Gasteiger partial charge in [-0.25, -0.2) is 0 Å². The number of hydrogen-bond acceptors (Lipinski definition) is 3. The van der Waals surface area contributed by atoms with Gasteiger partial charge in [-0.15, -0.1) is 23.3 Å². The number of rotatable bonds is 3. The summed E-state index contributed by atoms with van der Waals surface area (Å²) in [5, 5.41) is 8.71. The van der Waals surface area contributed by atoms with Crippen LogP contribution >= 0.6 is 0 Å². The first kappa shape index (κ1) is 21.2. The van der Waals surface area contributed by atoms with Crippen molar-refractivity contribution in [2.75, 3.05) is 0 Å². The van der Waals surface area contributed by atoms with Crippen molar-refractivity contribution in [3.8, 4) is 28.2 Å². The van der Waals surface area contributed by atoms with Crippen LogP contribution in [0.3, 0.4) is 0 Å². The van der Waals surface area contributed by atoms with E-state index < -0.39 is 0 Å². The van der Waals surface area contributed by atoms with Crippen molar-refractivity contribution in [2.45, 2.75) is 20.8 Å². The Morgan fingerprint density at radius 1 is 0.903 bits per heavy atom. The number of aromatic nitrogens is 5. The molecule has 0 atom stereocenters. The van der Waals surface area contributed by atoms with E-state index in [2.05, 4.69) is 80.6 Å². The first-order valence-corrected chi connectivity index (χ1v) is 9.95.